The van der Waals surface area contributed by atoms with Crippen LogP contribution in [0, 0.1) is 10.1 Å². The van der Waals surface area contributed by atoms with Crippen LogP contribution in [0.4, 0.5) is 11.5 Å². The number of unbranched alkanes of at least 4 members (excludes halogenated alkanes) is 1. The molecular weight excluding hydrogens is 224 g/mol. The molecule has 0 aliphatic rings. The molecule has 0 atom stereocenters. The first-order valence-electron chi connectivity index (χ1n) is 5.28. The maximum Gasteiger partial charge on any atom is 0.287 e. The van der Waals surface area contributed by atoms with Crippen LogP contribution >= 0.6 is 0 Å². The van der Waals surface area contributed by atoms with Gasteiger partial charge in [0.2, 0.25) is 5.91 Å². The van der Waals surface area contributed by atoms with Crippen molar-refractivity contribution in [1.82, 2.24) is 10.4 Å². The Kier molecular flexibility index (Phi) is 4.86. The molecule has 0 aliphatic heterocycles. The van der Waals surface area contributed by atoms with E-state index in [-0.39, 0.29) is 11.6 Å². The average molecular weight is 238 g/mol. The summed E-state index contributed by atoms with van der Waals surface area (Å²) in [4.78, 5) is 24.9. The van der Waals surface area contributed by atoms with Crippen molar-refractivity contribution in [3.05, 3.63) is 28.4 Å². The van der Waals surface area contributed by atoms with Crippen molar-refractivity contribution in [3.8, 4) is 0 Å². The minimum absolute atomic E-state index is 0.0899. The Morgan fingerprint density at radius 1 is 1.53 bits per heavy atom. The van der Waals surface area contributed by atoms with Gasteiger partial charge >= 0.3 is 0 Å². The van der Waals surface area contributed by atoms with Gasteiger partial charge in [0.25, 0.3) is 5.69 Å². The Hall–Kier alpha value is -2.18. The molecular formula is C10H14N4O3. The van der Waals surface area contributed by atoms with Gasteiger partial charge in [0.1, 0.15) is 12.0 Å². The van der Waals surface area contributed by atoms with E-state index in [1.807, 2.05) is 6.92 Å². The van der Waals surface area contributed by atoms with Crippen LogP contribution in [-0.2, 0) is 4.79 Å². The first-order valence-corrected chi connectivity index (χ1v) is 5.28. The molecule has 1 amide bonds. The van der Waals surface area contributed by atoms with Crippen LogP contribution in [0.15, 0.2) is 18.3 Å². The first-order chi connectivity index (χ1) is 8.13. The van der Waals surface area contributed by atoms with Gasteiger partial charge in [-0.05, 0) is 12.5 Å². The van der Waals surface area contributed by atoms with Gasteiger partial charge < -0.3 is 0 Å². The standard InChI is InChI=1S/C10H14N4O3/c1-2-3-4-10(15)13-12-9-6-5-8(7-11-9)14(16)17/h5-7H,2-4H2,1H3,(H,11,12)(H,13,15). The van der Waals surface area contributed by atoms with E-state index in [1.165, 1.54) is 12.1 Å². The van der Waals surface area contributed by atoms with Gasteiger partial charge in [0.05, 0.1) is 4.92 Å². The zero-order valence-corrected chi connectivity index (χ0v) is 9.47. The molecule has 1 rings (SSSR count). The molecule has 7 nitrogen and oxygen atoms in total. The van der Waals surface area contributed by atoms with E-state index in [4.69, 9.17) is 0 Å². The van der Waals surface area contributed by atoms with Gasteiger partial charge in [-0.2, -0.15) is 0 Å². The molecule has 17 heavy (non-hydrogen) atoms. The van der Waals surface area contributed by atoms with Crippen LogP contribution < -0.4 is 10.9 Å². The lowest BCUT2D eigenvalue weighted by Gasteiger charge is -2.06. The number of rotatable bonds is 6. The van der Waals surface area contributed by atoms with E-state index >= 15 is 0 Å². The van der Waals surface area contributed by atoms with E-state index in [2.05, 4.69) is 15.8 Å². The minimum atomic E-state index is -0.531. The summed E-state index contributed by atoms with van der Waals surface area (Å²) in [6, 6.07) is 2.74. The lowest BCUT2D eigenvalue weighted by molar-refractivity contribution is -0.385. The molecule has 0 bridgehead atoms. The second-order valence-corrected chi connectivity index (χ2v) is 3.44. The van der Waals surface area contributed by atoms with Gasteiger partial charge in [-0.3, -0.25) is 25.8 Å². The zero-order chi connectivity index (χ0) is 12.7. The summed E-state index contributed by atoms with van der Waals surface area (Å²) in [5, 5.41) is 10.4. The van der Waals surface area contributed by atoms with Crippen molar-refractivity contribution >= 4 is 17.4 Å². The third kappa shape index (κ3) is 4.45. The van der Waals surface area contributed by atoms with Crippen LogP contribution in [0.5, 0.6) is 0 Å². The smallest absolute Gasteiger partial charge is 0.282 e. The number of amides is 1. The van der Waals surface area contributed by atoms with Crippen LogP contribution in [0.1, 0.15) is 26.2 Å². The molecule has 0 spiro atoms. The Bertz CT molecular complexity index is 391. The van der Waals surface area contributed by atoms with E-state index in [1.54, 1.807) is 0 Å². The van der Waals surface area contributed by atoms with Crippen molar-refractivity contribution in [2.75, 3.05) is 5.43 Å². The van der Waals surface area contributed by atoms with Crippen molar-refractivity contribution in [3.63, 3.8) is 0 Å². The molecule has 0 radical (unpaired) electrons. The summed E-state index contributed by atoms with van der Waals surface area (Å²) in [5.74, 6) is 0.229. The Morgan fingerprint density at radius 2 is 2.29 bits per heavy atom. The second kappa shape index (κ2) is 6.41. The monoisotopic (exact) mass is 238 g/mol. The molecule has 92 valence electrons. The van der Waals surface area contributed by atoms with Crippen LogP contribution in [0.2, 0.25) is 0 Å². The largest absolute Gasteiger partial charge is 0.287 e. The molecule has 0 saturated carbocycles. The van der Waals surface area contributed by atoms with Crippen molar-refractivity contribution in [2.45, 2.75) is 26.2 Å². The van der Waals surface area contributed by atoms with Crippen LogP contribution in [0.3, 0.4) is 0 Å². The third-order valence-electron chi connectivity index (χ3n) is 2.05. The molecule has 0 aliphatic carbocycles. The summed E-state index contributed by atoms with van der Waals surface area (Å²) in [5.41, 5.74) is 4.96. The third-order valence-corrected chi connectivity index (χ3v) is 2.05. The van der Waals surface area contributed by atoms with Crippen LogP contribution in [0.25, 0.3) is 0 Å². The van der Waals surface area contributed by atoms with Crippen molar-refractivity contribution in [1.29, 1.82) is 0 Å². The predicted molar refractivity (Wildman–Crippen MR) is 62.2 cm³/mol. The number of nitro groups is 1. The number of nitrogens with one attached hydrogen (secondary N) is 2. The Morgan fingerprint density at radius 3 is 2.82 bits per heavy atom. The van der Waals surface area contributed by atoms with E-state index in [9.17, 15) is 14.9 Å². The number of aromatic nitrogens is 1. The number of hydrogen-bond acceptors (Lipinski definition) is 5. The van der Waals surface area contributed by atoms with E-state index in [0.717, 1.165) is 19.0 Å². The summed E-state index contributed by atoms with van der Waals surface area (Å²) >= 11 is 0. The highest BCUT2D eigenvalue weighted by molar-refractivity contribution is 5.77. The Balaban J connectivity index is 2.42. The first kappa shape index (κ1) is 12.9. The average Bonchev–Trinajstić information content (AvgIpc) is 2.34. The number of anilines is 1. The van der Waals surface area contributed by atoms with Crippen LogP contribution in [-0.4, -0.2) is 15.8 Å². The SMILES string of the molecule is CCCCC(=O)NNc1ccc([N+](=O)[O-])cn1. The minimum Gasteiger partial charge on any atom is -0.282 e. The second-order valence-electron chi connectivity index (χ2n) is 3.44. The number of nitrogens with zero attached hydrogens (tertiary/aromatic N) is 2. The number of hydrazine groups is 1. The summed E-state index contributed by atoms with van der Waals surface area (Å²) in [7, 11) is 0. The lowest BCUT2D eigenvalue weighted by Crippen LogP contribution is -2.29. The van der Waals surface area contributed by atoms with Gasteiger partial charge in [-0.25, -0.2) is 4.98 Å². The fourth-order valence-electron chi connectivity index (χ4n) is 1.10. The van der Waals surface area contributed by atoms with E-state index < -0.39 is 4.92 Å². The van der Waals surface area contributed by atoms with Gasteiger partial charge in [-0.1, -0.05) is 13.3 Å². The molecule has 0 unspecified atom stereocenters. The molecule has 7 heteroatoms. The topological polar surface area (TPSA) is 97.2 Å². The van der Waals surface area contributed by atoms with Gasteiger partial charge in [0.15, 0.2) is 0 Å². The fourth-order valence-corrected chi connectivity index (χ4v) is 1.10. The molecule has 0 fully saturated rings. The maximum absolute atomic E-state index is 11.2. The van der Waals surface area contributed by atoms with E-state index in [0.29, 0.717) is 12.2 Å². The molecule has 1 heterocycles. The fraction of sp³-hybridized carbons (Fsp3) is 0.400. The zero-order valence-electron chi connectivity index (χ0n) is 9.47. The number of carbonyl (C=O) groups is 1. The lowest BCUT2D eigenvalue weighted by atomic mass is 10.2. The molecule has 0 saturated heterocycles. The Labute approximate surface area is 98.4 Å². The highest BCUT2D eigenvalue weighted by atomic mass is 16.6. The highest BCUT2D eigenvalue weighted by Crippen LogP contribution is 2.10. The normalized spacial score (nSPS) is 9.71. The molecule has 1 aromatic rings. The number of pyridine rings is 1. The highest BCUT2D eigenvalue weighted by Gasteiger charge is 2.05. The van der Waals surface area contributed by atoms with Gasteiger partial charge in [-0.15, -0.1) is 0 Å². The van der Waals surface area contributed by atoms with Crippen molar-refractivity contribution < 1.29 is 9.72 Å². The number of carbonyl (C=O) groups excluding carboxylic acids is 1. The molecule has 0 aromatic carbocycles. The summed E-state index contributed by atoms with van der Waals surface area (Å²) < 4.78 is 0. The summed E-state index contributed by atoms with van der Waals surface area (Å²) in [6.45, 7) is 2.00. The molecule has 2 N–H and O–H groups in total. The summed E-state index contributed by atoms with van der Waals surface area (Å²) in [6.07, 6.45) is 3.33. The van der Waals surface area contributed by atoms with Crippen molar-refractivity contribution in [2.24, 2.45) is 0 Å². The predicted octanol–water partition coefficient (Wildman–Crippen LogP) is 1.62. The maximum atomic E-state index is 11.2. The molecule has 1 aromatic heterocycles. The quantitative estimate of drug-likeness (QED) is 0.579. The number of hydrogen-bond donors (Lipinski definition) is 2. The van der Waals surface area contributed by atoms with Gasteiger partial charge in [0, 0.05) is 12.5 Å².